The van der Waals surface area contributed by atoms with E-state index in [0.717, 1.165) is 11.8 Å². The molecule has 19 heavy (non-hydrogen) atoms. The lowest BCUT2D eigenvalue weighted by Crippen LogP contribution is -2.42. The Labute approximate surface area is 120 Å². The molecule has 1 fully saturated rings. The monoisotopic (exact) mass is 268 g/mol. The molecule has 1 unspecified atom stereocenters. The van der Waals surface area contributed by atoms with Gasteiger partial charge in [0.2, 0.25) is 0 Å². The normalized spacial score (nSPS) is 25.4. The molecule has 2 nitrogen and oxygen atoms in total. The van der Waals surface area contributed by atoms with Crippen LogP contribution in [-0.2, 0) is 0 Å². The Morgan fingerprint density at radius 1 is 0.947 bits per heavy atom. The molecule has 1 aliphatic rings. The van der Waals surface area contributed by atoms with Gasteiger partial charge in [-0.15, -0.1) is 0 Å². The molecule has 0 amide bonds. The number of rotatable bonds is 10. The van der Waals surface area contributed by atoms with Crippen LogP contribution in [0.1, 0.15) is 90.9 Å². The van der Waals surface area contributed by atoms with Crippen LogP contribution in [0.15, 0.2) is 0 Å². The fourth-order valence-corrected chi connectivity index (χ4v) is 3.71. The van der Waals surface area contributed by atoms with E-state index in [1.165, 1.54) is 77.0 Å². The van der Waals surface area contributed by atoms with E-state index < -0.39 is 0 Å². The maximum atomic E-state index is 5.79. The third kappa shape index (κ3) is 6.76. The molecular formula is C17H36N2. The molecule has 0 spiro atoms. The van der Waals surface area contributed by atoms with E-state index in [1.807, 2.05) is 0 Å². The van der Waals surface area contributed by atoms with Crippen LogP contribution >= 0.6 is 0 Å². The van der Waals surface area contributed by atoms with E-state index >= 15 is 0 Å². The van der Waals surface area contributed by atoms with Crippen molar-refractivity contribution in [2.75, 3.05) is 0 Å². The highest BCUT2D eigenvalue weighted by Crippen LogP contribution is 2.34. The summed E-state index contributed by atoms with van der Waals surface area (Å²) in [6.45, 7) is 4.59. The lowest BCUT2D eigenvalue weighted by atomic mass is 9.76. The summed E-state index contributed by atoms with van der Waals surface area (Å²) in [5.41, 5.74) is 3.11. The van der Waals surface area contributed by atoms with Crippen LogP contribution in [-0.4, -0.2) is 6.04 Å². The average molecular weight is 268 g/mol. The molecule has 1 rings (SSSR count). The molecule has 0 aromatic heterocycles. The van der Waals surface area contributed by atoms with Gasteiger partial charge in [0.25, 0.3) is 0 Å². The number of unbranched alkanes of at least 4 members (excludes halogenated alkanes) is 4. The molecule has 1 aliphatic carbocycles. The first-order valence-corrected chi connectivity index (χ1v) is 8.77. The summed E-state index contributed by atoms with van der Waals surface area (Å²) in [5, 5.41) is 0. The standard InChI is InChI=1S/C17H36N2/c1-3-5-6-7-8-10-17(19-18)16-13-11-15(9-4-2)12-14-16/h15-17,19H,3-14,18H2,1-2H3. The molecule has 0 saturated heterocycles. The molecular weight excluding hydrogens is 232 g/mol. The zero-order valence-electron chi connectivity index (χ0n) is 13.3. The number of hydrazine groups is 1. The Balaban J connectivity index is 2.16. The van der Waals surface area contributed by atoms with Crippen LogP contribution in [0.5, 0.6) is 0 Å². The minimum absolute atomic E-state index is 0.573. The number of hydrogen-bond donors (Lipinski definition) is 2. The Morgan fingerprint density at radius 2 is 1.63 bits per heavy atom. The molecule has 0 bridgehead atoms. The maximum absolute atomic E-state index is 5.79. The molecule has 0 heterocycles. The van der Waals surface area contributed by atoms with E-state index in [4.69, 9.17) is 5.84 Å². The molecule has 2 heteroatoms. The van der Waals surface area contributed by atoms with Crippen molar-refractivity contribution in [2.24, 2.45) is 17.7 Å². The maximum Gasteiger partial charge on any atom is 0.0238 e. The van der Waals surface area contributed by atoms with Gasteiger partial charge in [0, 0.05) is 6.04 Å². The van der Waals surface area contributed by atoms with Crippen LogP contribution < -0.4 is 11.3 Å². The minimum atomic E-state index is 0.573. The molecule has 1 atom stereocenters. The van der Waals surface area contributed by atoms with Gasteiger partial charge in [-0.1, -0.05) is 71.6 Å². The van der Waals surface area contributed by atoms with Crippen molar-refractivity contribution < 1.29 is 0 Å². The summed E-state index contributed by atoms with van der Waals surface area (Å²) in [7, 11) is 0. The highest BCUT2D eigenvalue weighted by molar-refractivity contribution is 4.80. The van der Waals surface area contributed by atoms with E-state index in [0.29, 0.717) is 6.04 Å². The Kier molecular flexibility index (Phi) is 9.54. The van der Waals surface area contributed by atoms with Gasteiger partial charge in [-0.05, 0) is 31.1 Å². The summed E-state index contributed by atoms with van der Waals surface area (Å²) in [6.07, 6.45) is 16.6. The van der Waals surface area contributed by atoms with Gasteiger partial charge < -0.3 is 0 Å². The van der Waals surface area contributed by atoms with Crippen LogP contribution in [0, 0.1) is 11.8 Å². The molecule has 0 aliphatic heterocycles. The van der Waals surface area contributed by atoms with Crippen molar-refractivity contribution in [1.29, 1.82) is 0 Å². The third-order valence-corrected chi connectivity index (χ3v) is 4.99. The van der Waals surface area contributed by atoms with Crippen molar-refractivity contribution >= 4 is 0 Å². The topological polar surface area (TPSA) is 38.0 Å². The van der Waals surface area contributed by atoms with Gasteiger partial charge in [-0.25, -0.2) is 0 Å². The zero-order chi connectivity index (χ0) is 13.9. The molecule has 1 saturated carbocycles. The third-order valence-electron chi connectivity index (χ3n) is 4.99. The summed E-state index contributed by atoms with van der Waals surface area (Å²) in [5.74, 6) is 7.63. The first-order valence-electron chi connectivity index (χ1n) is 8.77. The largest absolute Gasteiger partial charge is 0.271 e. The second-order valence-electron chi connectivity index (χ2n) is 6.55. The summed E-state index contributed by atoms with van der Waals surface area (Å²) >= 11 is 0. The first kappa shape index (κ1) is 17.0. The fourth-order valence-electron chi connectivity index (χ4n) is 3.71. The predicted octanol–water partition coefficient (Wildman–Crippen LogP) is 4.79. The number of hydrogen-bond acceptors (Lipinski definition) is 2. The van der Waals surface area contributed by atoms with E-state index in [9.17, 15) is 0 Å². The van der Waals surface area contributed by atoms with Crippen LogP contribution in [0.3, 0.4) is 0 Å². The van der Waals surface area contributed by atoms with Crippen molar-refractivity contribution in [3.05, 3.63) is 0 Å². The number of nitrogens with one attached hydrogen (secondary N) is 1. The van der Waals surface area contributed by atoms with Crippen LogP contribution in [0.4, 0.5) is 0 Å². The lowest BCUT2D eigenvalue weighted by Gasteiger charge is -2.33. The zero-order valence-corrected chi connectivity index (χ0v) is 13.3. The predicted molar refractivity (Wildman–Crippen MR) is 84.8 cm³/mol. The number of nitrogens with two attached hydrogens (primary N) is 1. The van der Waals surface area contributed by atoms with Crippen molar-refractivity contribution in [3.8, 4) is 0 Å². The first-order chi connectivity index (χ1) is 9.31. The smallest absolute Gasteiger partial charge is 0.0238 e. The van der Waals surface area contributed by atoms with Crippen molar-refractivity contribution in [1.82, 2.24) is 5.43 Å². The summed E-state index contributed by atoms with van der Waals surface area (Å²) in [6, 6.07) is 0.573. The van der Waals surface area contributed by atoms with Gasteiger partial charge in [0.15, 0.2) is 0 Å². The Morgan fingerprint density at radius 3 is 2.21 bits per heavy atom. The molecule has 0 aromatic carbocycles. The quantitative estimate of drug-likeness (QED) is 0.340. The molecule has 114 valence electrons. The van der Waals surface area contributed by atoms with Gasteiger partial charge in [0.1, 0.15) is 0 Å². The van der Waals surface area contributed by atoms with Crippen molar-refractivity contribution in [3.63, 3.8) is 0 Å². The fraction of sp³-hybridized carbons (Fsp3) is 1.00. The summed E-state index contributed by atoms with van der Waals surface area (Å²) < 4.78 is 0. The molecule has 3 N–H and O–H groups in total. The SMILES string of the molecule is CCCCCCCC(NN)C1CCC(CCC)CC1. The van der Waals surface area contributed by atoms with Crippen LogP contribution in [0.25, 0.3) is 0 Å². The van der Waals surface area contributed by atoms with Gasteiger partial charge in [-0.2, -0.15) is 0 Å². The second kappa shape index (κ2) is 10.7. The second-order valence-corrected chi connectivity index (χ2v) is 6.55. The lowest BCUT2D eigenvalue weighted by molar-refractivity contribution is 0.205. The summed E-state index contributed by atoms with van der Waals surface area (Å²) in [4.78, 5) is 0. The average Bonchev–Trinajstić information content (AvgIpc) is 2.44. The van der Waals surface area contributed by atoms with Gasteiger partial charge in [-0.3, -0.25) is 11.3 Å². The molecule has 0 radical (unpaired) electrons. The Bertz CT molecular complexity index is 197. The van der Waals surface area contributed by atoms with Gasteiger partial charge >= 0.3 is 0 Å². The Hall–Kier alpha value is -0.0800. The van der Waals surface area contributed by atoms with Crippen LogP contribution in [0.2, 0.25) is 0 Å². The minimum Gasteiger partial charge on any atom is -0.271 e. The highest BCUT2D eigenvalue weighted by Gasteiger charge is 2.26. The van der Waals surface area contributed by atoms with E-state index in [2.05, 4.69) is 19.3 Å². The molecule has 0 aromatic rings. The van der Waals surface area contributed by atoms with Crippen molar-refractivity contribution in [2.45, 2.75) is 96.9 Å². The highest BCUT2D eigenvalue weighted by atomic mass is 15.2. The van der Waals surface area contributed by atoms with E-state index in [-0.39, 0.29) is 0 Å². The van der Waals surface area contributed by atoms with E-state index in [1.54, 1.807) is 0 Å². The van der Waals surface area contributed by atoms with Gasteiger partial charge in [0.05, 0.1) is 0 Å².